The van der Waals surface area contributed by atoms with Crippen molar-refractivity contribution in [1.29, 1.82) is 0 Å². The minimum Gasteiger partial charge on any atom is -0.342 e. The molecule has 0 radical (unpaired) electrons. The number of hydrogen-bond donors (Lipinski definition) is 1. The lowest BCUT2D eigenvalue weighted by molar-refractivity contribution is -0.139. The monoisotopic (exact) mass is 372 g/mol. The summed E-state index contributed by atoms with van der Waals surface area (Å²) in [4.78, 5) is 26.2. The maximum Gasteiger partial charge on any atom is 0.248 e. The van der Waals surface area contributed by atoms with E-state index in [1.807, 2.05) is 19.1 Å². The molecule has 1 heterocycles. The number of amides is 2. The Balaban J connectivity index is 2.31. The number of rotatable bonds is 2. The summed E-state index contributed by atoms with van der Waals surface area (Å²) in [6.07, 6.45) is 0.295. The van der Waals surface area contributed by atoms with Crippen LogP contribution in [0.2, 0.25) is 5.02 Å². The highest BCUT2D eigenvalue weighted by molar-refractivity contribution is 9.10. The molecule has 0 spiro atoms. The molecule has 1 aromatic carbocycles. The van der Waals surface area contributed by atoms with Crippen LogP contribution in [-0.2, 0) is 16.1 Å². The van der Waals surface area contributed by atoms with Gasteiger partial charge in [-0.3, -0.25) is 9.59 Å². The lowest BCUT2D eigenvalue weighted by Crippen LogP contribution is -2.53. The summed E-state index contributed by atoms with van der Waals surface area (Å²) in [7, 11) is 0. The maximum atomic E-state index is 12.7. The van der Waals surface area contributed by atoms with Crippen molar-refractivity contribution in [1.82, 2.24) is 10.2 Å². The van der Waals surface area contributed by atoms with Gasteiger partial charge in [-0.05, 0) is 38.5 Å². The highest BCUT2D eigenvalue weighted by Crippen LogP contribution is 2.26. The normalized spacial score (nSPS) is 22.0. The number of carbonyl (C=O) groups excluding carboxylic acids is 2. The van der Waals surface area contributed by atoms with Crippen LogP contribution in [0.25, 0.3) is 0 Å². The fraction of sp³-hybridized carbons (Fsp3) is 0.467. The first-order valence-corrected chi connectivity index (χ1v) is 7.94. The topological polar surface area (TPSA) is 49.4 Å². The fourth-order valence-corrected chi connectivity index (χ4v) is 3.18. The predicted octanol–water partition coefficient (Wildman–Crippen LogP) is 3.12. The molecule has 1 atom stereocenters. The minimum absolute atomic E-state index is 0.0974. The molecule has 114 valence electrons. The van der Waals surface area contributed by atoms with Crippen LogP contribution in [0.3, 0.4) is 0 Å². The van der Waals surface area contributed by atoms with Gasteiger partial charge in [0.25, 0.3) is 0 Å². The summed E-state index contributed by atoms with van der Waals surface area (Å²) in [5, 5.41) is 3.37. The van der Waals surface area contributed by atoms with Crippen molar-refractivity contribution in [2.45, 2.75) is 45.3 Å². The summed E-state index contributed by atoms with van der Waals surface area (Å²) in [6, 6.07) is 5.42. The molecule has 1 aliphatic heterocycles. The van der Waals surface area contributed by atoms with Crippen molar-refractivity contribution in [2.24, 2.45) is 0 Å². The second kappa shape index (κ2) is 5.97. The van der Waals surface area contributed by atoms with E-state index in [4.69, 9.17) is 11.6 Å². The first-order valence-electron chi connectivity index (χ1n) is 6.76. The highest BCUT2D eigenvalue weighted by Gasteiger charge is 2.39. The molecule has 1 aromatic rings. The SMILES string of the molecule is CC1CC(=O)NC(C)(C)C(=O)N1Cc1ccc(Br)cc1Cl. The van der Waals surface area contributed by atoms with Gasteiger partial charge in [0.15, 0.2) is 0 Å². The quantitative estimate of drug-likeness (QED) is 0.866. The van der Waals surface area contributed by atoms with Crippen molar-refractivity contribution in [2.75, 3.05) is 0 Å². The van der Waals surface area contributed by atoms with Crippen LogP contribution in [-0.4, -0.2) is 28.3 Å². The zero-order valence-corrected chi connectivity index (χ0v) is 14.6. The van der Waals surface area contributed by atoms with Gasteiger partial charge in [-0.2, -0.15) is 0 Å². The van der Waals surface area contributed by atoms with Crippen LogP contribution in [0.1, 0.15) is 32.8 Å². The average Bonchev–Trinajstić information content (AvgIpc) is 2.41. The second-order valence-electron chi connectivity index (χ2n) is 5.90. The summed E-state index contributed by atoms with van der Waals surface area (Å²) >= 11 is 9.60. The first kappa shape index (κ1) is 16.3. The number of hydrogen-bond acceptors (Lipinski definition) is 2. The van der Waals surface area contributed by atoms with Gasteiger partial charge in [-0.15, -0.1) is 0 Å². The van der Waals surface area contributed by atoms with Gasteiger partial charge < -0.3 is 10.2 Å². The predicted molar refractivity (Wildman–Crippen MR) is 86.0 cm³/mol. The van der Waals surface area contributed by atoms with E-state index < -0.39 is 5.54 Å². The lowest BCUT2D eigenvalue weighted by Gasteiger charge is -2.32. The average molecular weight is 374 g/mol. The molecule has 0 bridgehead atoms. The van der Waals surface area contributed by atoms with Crippen molar-refractivity contribution in [3.63, 3.8) is 0 Å². The first-order chi connectivity index (χ1) is 9.70. The second-order valence-corrected chi connectivity index (χ2v) is 7.22. The Kier molecular flexibility index (Phi) is 4.63. The van der Waals surface area contributed by atoms with Crippen LogP contribution in [0.4, 0.5) is 0 Å². The summed E-state index contributed by atoms with van der Waals surface area (Å²) in [5.41, 5.74) is -0.0332. The molecule has 1 saturated heterocycles. The Hall–Kier alpha value is -1.07. The number of benzene rings is 1. The van der Waals surface area contributed by atoms with Crippen molar-refractivity contribution < 1.29 is 9.59 Å². The van der Waals surface area contributed by atoms with Crippen LogP contribution in [0.15, 0.2) is 22.7 Å². The van der Waals surface area contributed by atoms with E-state index in [2.05, 4.69) is 21.2 Å². The van der Waals surface area contributed by atoms with Crippen LogP contribution < -0.4 is 5.32 Å². The van der Waals surface area contributed by atoms with E-state index in [1.165, 1.54) is 0 Å². The molecule has 1 fully saturated rings. The summed E-state index contributed by atoms with van der Waals surface area (Å²) < 4.78 is 0.892. The fourth-order valence-electron chi connectivity index (χ4n) is 2.45. The molecule has 6 heteroatoms. The van der Waals surface area contributed by atoms with Crippen molar-refractivity contribution >= 4 is 39.3 Å². The lowest BCUT2D eigenvalue weighted by atomic mass is 10.0. The zero-order valence-electron chi connectivity index (χ0n) is 12.2. The van der Waals surface area contributed by atoms with E-state index in [0.29, 0.717) is 18.0 Å². The highest BCUT2D eigenvalue weighted by atomic mass is 79.9. The third-order valence-corrected chi connectivity index (χ3v) is 4.46. The van der Waals surface area contributed by atoms with Gasteiger partial charge in [0.2, 0.25) is 11.8 Å². The Morgan fingerprint density at radius 1 is 1.43 bits per heavy atom. The molecule has 2 rings (SSSR count). The van der Waals surface area contributed by atoms with Gasteiger partial charge in [0.1, 0.15) is 5.54 Å². The van der Waals surface area contributed by atoms with E-state index in [9.17, 15) is 9.59 Å². The Morgan fingerprint density at radius 3 is 2.71 bits per heavy atom. The summed E-state index contributed by atoms with van der Waals surface area (Å²) in [5.74, 6) is -0.204. The molecular weight excluding hydrogens is 356 g/mol. The van der Waals surface area contributed by atoms with Crippen LogP contribution >= 0.6 is 27.5 Å². The largest absolute Gasteiger partial charge is 0.342 e. The molecule has 1 aliphatic rings. The van der Waals surface area contributed by atoms with Gasteiger partial charge in [0, 0.05) is 28.5 Å². The molecule has 0 aliphatic carbocycles. The number of carbonyl (C=O) groups is 2. The number of nitrogens with zero attached hydrogens (tertiary/aromatic N) is 1. The molecular formula is C15H18BrClN2O2. The van der Waals surface area contributed by atoms with Gasteiger partial charge in [-0.25, -0.2) is 0 Å². The van der Waals surface area contributed by atoms with Gasteiger partial charge in [0.05, 0.1) is 0 Å². The van der Waals surface area contributed by atoms with Crippen molar-refractivity contribution in [3.8, 4) is 0 Å². The summed E-state index contributed by atoms with van der Waals surface area (Å²) in [6.45, 7) is 5.72. The molecule has 4 nitrogen and oxygen atoms in total. The smallest absolute Gasteiger partial charge is 0.248 e. The van der Waals surface area contributed by atoms with E-state index in [-0.39, 0.29) is 17.9 Å². The van der Waals surface area contributed by atoms with Gasteiger partial charge >= 0.3 is 0 Å². The third-order valence-electron chi connectivity index (χ3n) is 3.62. The zero-order chi connectivity index (χ0) is 15.8. The molecule has 2 amide bonds. The third kappa shape index (κ3) is 3.58. The Bertz CT molecular complexity index is 589. The molecule has 1 unspecified atom stereocenters. The Labute approximate surface area is 138 Å². The standard InChI is InChI=1S/C15H18BrClN2O2/c1-9-6-13(20)18-15(2,3)14(21)19(9)8-10-4-5-11(16)7-12(10)17/h4-5,7,9H,6,8H2,1-3H3,(H,18,20). The maximum absolute atomic E-state index is 12.7. The van der Waals surface area contributed by atoms with E-state index in [0.717, 1.165) is 10.0 Å². The Morgan fingerprint density at radius 2 is 2.10 bits per heavy atom. The van der Waals surface area contributed by atoms with Crippen molar-refractivity contribution in [3.05, 3.63) is 33.3 Å². The molecule has 0 aromatic heterocycles. The molecule has 1 N–H and O–H groups in total. The van der Waals surface area contributed by atoms with Crippen LogP contribution in [0.5, 0.6) is 0 Å². The number of nitrogens with one attached hydrogen (secondary N) is 1. The van der Waals surface area contributed by atoms with Crippen LogP contribution in [0, 0.1) is 0 Å². The molecule has 0 saturated carbocycles. The van der Waals surface area contributed by atoms with E-state index in [1.54, 1.807) is 24.8 Å². The van der Waals surface area contributed by atoms with E-state index >= 15 is 0 Å². The van der Waals surface area contributed by atoms with Gasteiger partial charge in [-0.1, -0.05) is 33.6 Å². The molecule has 21 heavy (non-hydrogen) atoms. The minimum atomic E-state index is -0.899. The number of halogens is 2.